The Morgan fingerprint density at radius 1 is 1.28 bits per heavy atom. The topological polar surface area (TPSA) is 62.3 Å². The lowest BCUT2D eigenvalue weighted by atomic mass is 10.1. The van der Waals surface area contributed by atoms with Crippen molar-refractivity contribution in [2.45, 2.75) is 35.6 Å². The molecule has 2 heterocycles. The molecule has 1 N–H and O–H groups in total. The van der Waals surface area contributed by atoms with E-state index in [2.05, 4.69) is 10.3 Å². The monoisotopic (exact) mass is 353 g/mol. The van der Waals surface area contributed by atoms with E-state index in [0.29, 0.717) is 10.6 Å². The molecule has 128 valence electrons. The van der Waals surface area contributed by atoms with Crippen LogP contribution in [-0.2, 0) is 4.79 Å². The van der Waals surface area contributed by atoms with Gasteiger partial charge in [-0.05, 0) is 43.2 Å². The smallest absolute Gasteiger partial charge is 0.260 e. The van der Waals surface area contributed by atoms with Crippen molar-refractivity contribution in [3.05, 3.63) is 42.1 Å². The molecule has 25 heavy (non-hydrogen) atoms. The Kier molecular flexibility index (Phi) is 4.21. The van der Waals surface area contributed by atoms with Crippen molar-refractivity contribution in [3.8, 4) is 0 Å². The minimum absolute atomic E-state index is 0.0721. The summed E-state index contributed by atoms with van der Waals surface area (Å²) in [7, 11) is 1.76. The minimum atomic E-state index is -0.0721. The maximum absolute atomic E-state index is 12.6. The van der Waals surface area contributed by atoms with Crippen molar-refractivity contribution in [1.29, 1.82) is 0 Å². The van der Waals surface area contributed by atoms with E-state index in [-0.39, 0.29) is 17.7 Å². The number of rotatable bonds is 2. The van der Waals surface area contributed by atoms with Crippen LogP contribution in [0.3, 0.4) is 0 Å². The zero-order valence-corrected chi connectivity index (χ0v) is 14.8. The molecule has 1 aliphatic carbocycles. The Balaban J connectivity index is 1.65. The summed E-state index contributed by atoms with van der Waals surface area (Å²) in [6, 6.07) is 9.24. The van der Waals surface area contributed by atoms with Gasteiger partial charge in [0.15, 0.2) is 0 Å². The van der Waals surface area contributed by atoms with Gasteiger partial charge in [-0.25, -0.2) is 4.98 Å². The van der Waals surface area contributed by atoms with E-state index in [0.717, 1.165) is 42.0 Å². The lowest BCUT2D eigenvalue weighted by molar-refractivity contribution is -0.119. The fraction of sp³-hybridized carbons (Fsp3) is 0.316. The maximum atomic E-state index is 12.6. The summed E-state index contributed by atoms with van der Waals surface area (Å²) in [6.45, 7) is 0. The molecule has 1 aromatic heterocycles. The van der Waals surface area contributed by atoms with Gasteiger partial charge in [0.25, 0.3) is 5.91 Å². The van der Waals surface area contributed by atoms with Gasteiger partial charge in [-0.15, -0.1) is 0 Å². The third-order valence-electron chi connectivity index (χ3n) is 4.83. The van der Waals surface area contributed by atoms with Gasteiger partial charge in [-0.2, -0.15) is 0 Å². The molecule has 2 amide bonds. The molecule has 0 radical (unpaired) electrons. The Hall–Kier alpha value is -2.34. The summed E-state index contributed by atoms with van der Waals surface area (Å²) in [5.74, 6) is 0.147. The van der Waals surface area contributed by atoms with Crippen LogP contribution < -0.4 is 10.2 Å². The molecule has 1 saturated carbocycles. The SMILES string of the molecule is CN1C(=O)c2cccnc2Sc2cc(NC(=O)C3CCCC3)ccc21. The fourth-order valence-corrected chi connectivity index (χ4v) is 4.49. The Morgan fingerprint density at radius 2 is 2.08 bits per heavy atom. The van der Waals surface area contributed by atoms with Crippen molar-refractivity contribution >= 4 is 35.0 Å². The minimum Gasteiger partial charge on any atom is -0.326 e. The summed E-state index contributed by atoms with van der Waals surface area (Å²) in [5, 5.41) is 3.72. The zero-order chi connectivity index (χ0) is 17.4. The molecule has 2 aliphatic rings. The molecule has 1 aliphatic heterocycles. The second kappa shape index (κ2) is 6.52. The summed E-state index contributed by atoms with van der Waals surface area (Å²) in [5.41, 5.74) is 2.19. The number of anilines is 2. The molecule has 1 fully saturated rings. The van der Waals surface area contributed by atoms with E-state index < -0.39 is 0 Å². The van der Waals surface area contributed by atoms with Crippen molar-refractivity contribution in [2.75, 3.05) is 17.3 Å². The number of carbonyl (C=O) groups is 2. The van der Waals surface area contributed by atoms with Crippen LogP contribution in [0.1, 0.15) is 36.0 Å². The van der Waals surface area contributed by atoms with Crippen LogP contribution >= 0.6 is 11.8 Å². The summed E-state index contributed by atoms with van der Waals surface area (Å²) in [6.07, 6.45) is 5.90. The fourth-order valence-electron chi connectivity index (χ4n) is 3.41. The van der Waals surface area contributed by atoms with E-state index in [1.165, 1.54) is 11.8 Å². The molecular weight excluding hydrogens is 334 g/mol. The maximum Gasteiger partial charge on any atom is 0.260 e. The summed E-state index contributed by atoms with van der Waals surface area (Å²) < 4.78 is 0. The first-order chi connectivity index (χ1) is 12.1. The van der Waals surface area contributed by atoms with Crippen LogP contribution in [0.25, 0.3) is 0 Å². The van der Waals surface area contributed by atoms with Gasteiger partial charge in [-0.1, -0.05) is 24.6 Å². The van der Waals surface area contributed by atoms with Crippen LogP contribution in [0.4, 0.5) is 11.4 Å². The number of aromatic nitrogens is 1. The molecule has 0 saturated heterocycles. The van der Waals surface area contributed by atoms with Gasteiger partial charge in [0.2, 0.25) is 5.91 Å². The number of hydrogen-bond acceptors (Lipinski definition) is 4. The first-order valence-electron chi connectivity index (χ1n) is 8.49. The molecule has 4 rings (SSSR count). The van der Waals surface area contributed by atoms with Gasteiger partial charge in [-0.3, -0.25) is 9.59 Å². The molecule has 1 aromatic carbocycles. The van der Waals surface area contributed by atoms with Crippen molar-refractivity contribution < 1.29 is 9.59 Å². The standard InChI is InChI=1S/C19H19N3O2S/c1-22-15-9-8-13(21-17(23)12-5-2-3-6-12)11-16(15)25-18-14(19(22)24)7-4-10-20-18/h4,7-12H,2-3,5-6H2,1H3,(H,21,23). The number of fused-ring (bicyclic) bond motifs is 2. The van der Waals surface area contributed by atoms with Gasteiger partial charge in [0.05, 0.1) is 11.3 Å². The van der Waals surface area contributed by atoms with Crippen LogP contribution in [0, 0.1) is 5.92 Å². The largest absolute Gasteiger partial charge is 0.326 e. The number of amides is 2. The molecule has 0 atom stereocenters. The van der Waals surface area contributed by atoms with E-state index in [4.69, 9.17) is 0 Å². The summed E-state index contributed by atoms with van der Waals surface area (Å²) >= 11 is 1.46. The number of carbonyl (C=O) groups excluding carboxylic acids is 2. The zero-order valence-electron chi connectivity index (χ0n) is 14.0. The van der Waals surface area contributed by atoms with E-state index in [1.54, 1.807) is 30.3 Å². The lowest BCUT2D eigenvalue weighted by Gasteiger charge is -2.18. The third-order valence-corrected chi connectivity index (χ3v) is 5.89. The number of hydrogen-bond donors (Lipinski definition) is 1. The first kappa shape index (κ1) is 16.1. The normalized spacial score (nSPS) is 17.0. The average Bonchev–Trinajstić information content (AvgIpc) is 3.13. The Morgan fingerprint density at radius 3 is 2.88 bits per heavy atom. The van der Waals surface area contributed by atoms with Crippen molar-refractivity contribution in [2.24, 2.45) is 5.92 Å². The molecule has 6 heteroatoms. The summed E-state index contributed by atoms with van der Waals surface area (Å²) in [4.78, 5) is 31.9. The van der Waals surface area contributed by atoms with Crippen LogP contribution in [0.15, 0.2) is 46.5 Å². The lowest BCUT2D eigenvalue weighted by Crippen LogP contribution is -2.26. The highest BCUT2D eigenvalue weighted by Gasteiger charge is 2.26. The second-order valence-electron chi connectivity index (χ2n) is 6.48. The van der Waals surface area contributed by atoms with Gasteiger partial charge < -0.3 is 10.2 Å². The number of nitrogens with zero attached hydrogens (tertiary/aromatic N) is 2. The highest BCUT2D eigenvalue weighted by Crippen LogP contribution is 2.41. The predicted molar refractivity (Wildman–Crippen MR) is 98.1 cm³/mol. The van der Waals surface area contributed by atoms with Gasteiger partial charge in [0, 0.05) is 29.7 Å². The van der Waals surface area contributed by atoms with Crippen molar-refractivity contribution in [3.63, 3.8) is 0 Å². The number of benzene rings is 1. The molecule has 0 unspecified atom stereocenters. The highest BCUT2D eigenvalue weighted by atomic mass is 32.2. The second-order valence-corrected chi connectivity index (χ2v) is 7.51. The number of pyridine rings is 1. The molecule has 0 bridgehead atoms. The van der Waals surface area contributed by atoms with Gasteiger partial charge >= 0.3 is 0 Å². The quantitative estimate of drug-likeness (QED) is 0.888. The molecular formula is C19H19N3O2S. The Bertz CT molecular complexity index is 846. The van der Waals surface area contributed by atoms with E-state index in [1.807, 2.05) is 18.2 Å². The van der Waals surface area contributed by atoms with E-state index in [9.17, 15) is 9.59 Å². The highest BCUT2D eigenvalue weighted by molar-refractivity contribution is 7.99. The average molecular weight is 353 g/mol. The van der Waals surface area contributed by atoms with Crippen LogP contribution in [0.5, 0.6) is 0 Å². The predicted octanol–water partition coefficient (Wildman–Crippen LogP) is 3.95. The molecule has 5 nitrogen and oxygen atoms in total. The Labute approximate surface area is 150 Å². The van der Waals surface area contributed by atoms with E-state index >= 15 is 0 Å². The number of nitrogens with one attached hydrogen (secondary N) is 1. The van der Waals surface area contributed by atoms with Crippen LogP contribution in [0.2, 0.25) is 0 Å². The van der Waals surface area contributed by atoms with Gasteiger partial charge in [0.1, 0.15) is 5.03 Å². The van der Waals surface area contributed by atoms with Crippen molar-refractivity contribution in [1.82, 2.24) is 4.98 Å². The molecule has 2 aromatic rings. The first-order valence-corrected chi connectivity index (χ1v) is 9.31. The third kappa shape index (κ3) is 3.02. The molecule has 0 spiro atoms. The van der Waals surface area contributed by atoms with Crippen LogP contribution in [-0.4, -0.2) is 23.8 Å².